The van der Waals surface area contributed by atoms with Gasteiger partial charge in [-0.25, -0.2) is 4.98 Å². The van der Waals surface area contributed by atoms with Gasteiger partial charge in [-0.2, -0.15) is 5.10 Å². The number of carbonyl (C=O) groups excluding carboxylic acids is 1. The molecule has 0 atom stereocenters. The standard InChI is InChI=1S/C16H22N6OS/c1-11-15(24-12(2)18-11)16(23)22-7-5-21(6-8-22)14-9-13(20(3)4)10-17-19-14/h9-10H,5-8H2,1-4H3. The zero-order valence-electron chi connectivity index (χ0n) is 14.5. The van der Waals surface area contributed by atoms with Gasteiger partial charge in [0.25, 0.3) is 5.91 Å². The molecule has 7 nitrogen and oxygen atoms in total. The van der Waals surface area contributed by atoms with Crippen molar-refractivity contribution in [2.45, 2.75) is 13.8 Å². The van der Waals surface area contributed by atoms with Crippen LogP contribution in [0.2, 0.25) is 0 Å². The van der Waals surface area contributed by atoms with Crippen LogP contribution in [-0.2, 0) is 0 Å². The quantitative estimate of drug-likeness (QED) is 0.841. The molecule has 24 heavy (non-hydrogen) atoms. The highest BCUT2D eigenvalue weighted by atomic mass is 32.1. The first-order valence-corrected chi connectivity index (χ1v) is 8.75. The van der Waals surface area contributed by atoms with E-state index in [2.05, 4.69) is 20.1 Å². The summed E-state index contributed by atoms with van der Waals surface area (Å²) in [5.41, 5.74) is 1.85. The van der Waals surface area contributed by atoms with Crippen LogP contribution in [0.5, 0.6) is 0 Å². The van der Waals surface area contributed by atoms with Crippen LogP contribution in [0.1, 0.15) is 20.4 Å². The lowest BCUT2D eigenvalue weighted by Crippen LogP contribution is -2.49. The molecule has 0 aromatic carbocycles. The van der Waals surface area contributed by atoms with Crippen molar-refractivity contribution in [2.24, 2.45) is 0 Å². The molecule has 0 unspecified atom stereocenters. The number of aromatic nitrogens is 3. The first-order chi connectivity index (χ1) is 11.5. The second kappa shape index (κ2) is 6.72. The van der Waals surface area contributed by atoms with Crippen LogP contribution >= 0.6 is 11.3 Å². The lowest BCUT2D eigenvalue weighted by Gasteiger charge is -2.35. The highest BCUT2D eigenvalue weighted by molar-refractivity contribution is 7.13. The first-order valence-electron chi connectivity index (χ1n) is 7.94. The van der Waals surface area contributed by atoms with E-state index in [9.17, 15) is 4.79 Å². The van der Waals surface area contributed by atoms with Crippen LogP contribution in [0.25, 0.3) is 0 Å². The summed E-state index contributed by atoms with van der Waals surface area (Å²) >= 11 is 1.47. The van der Waals surface area contributed by atoms with Crippen molar-refractivity contribution in [3.05, 3.63) is 27.8 Å². The Balaban J connectivity index is 1.66. The normalized spacial score (nSPS) is 14.8. The number of piperazine rings is 1. The average molecular weight is 346 g/mol. The van der Waals surface area contributed by atoms with Crippen molar-refractivity contribution in [1.82, 2.24) is 20.1 Å². The predicted octanol–water partition coefficient (Wildman–Crippen LogP) is 1.58. The summed E-state index contributed by atoms with van der Waals surface area (Å²) in [4.78, 5) is 23.9. The monoisotopic (exact) mass is 346 g/mol. The van der Waals surface area contributed by atoms with Crippen molar-refractivity contribution in [3.8, 4) is 0 Å². The minimum absolute atomic E-state index is 0.0888. The Kier molecular flexibility index (Phi) is 4.66. The Morgan fingerprint density at radius 3 is 2.50 bits per heavy atom. The first kappa shape index (κ1) is 16.6. The molecule has 0 aliphatic carbocycles. The molecule has 3 rings (SSSR count). The van der Waals surface area contributed by atoms with E-state index in [0.717, 1.165) is 40.2 Å². The maximum Gasteiger partial charge on any atom is 0.265 e. The molecular formula is C16H22N6OS. The van der Waals surface area contributed by atoms with E-state index in [-0.39, 0.29) is 5.91 Å². The number of hydrogen-bond acceptors (Lipinski definition) is 7. The third-order valence-electron chi connectivity index (χ3n) is 4.13. The summed E-state index contributed by atoms with van der Waals surface area (Å²) in [6.45, 7) is 6.71. The van der Waals surface area contributed by atoms with Gasteiger partial charge in [0.2, 0.25) is 0 Å². The second-order valence-corrected chi connectivity index (χ2v) is 7.30. The van der Waals surface area contributed by atoms with Crippen molar-refractivity contribution in [2.75, 3.05) is 50.1 Å². The van der Waals surface area contributed by atoms with E-state index in [1.165, 1.54) is 11.3 Å². The van der Waals surface area contributed by atoms with E-state index >= 15 is 0 Å². The van der Waals surface area contributed by atoms with Crippen molar-refractivity contribution < 1.29 is 4.79 Å². The molecule has 1 amide bonds. The lowest BCUT2D eigenvalue weighted by molar-refractivity contribution is 0.0750. The molecule has 0 saturated carbocycles. The highest BCUT2D eigenvalue weighted by Crippen LogP contribution is 2.22. The summed E-state index contributed by atoms with van der Waals surface area (Å²) in [5, 5.41) is 9.24. The molecule has 1 fully saturated rings. The largest absolute Gasteiger partial charge is 0.376 e. The van der Waals surface area contributed by atoms with Crippen LogP contribution in [0.4, 0.5) is 11.5 Å². The van der Waals surface area contributed by atoms with Crippen LogP contribution in [-0.4, -0.2) is 66.3 Å². The van der Waals surface area contributed by atoms with Crippen LogP contribution < -0.4 is 9.80 Å². The number of carbonyl (C=O) groups is 1. The Morgan fingerprint density at radius 1 is 1.21 bits per heavy atom. The zero-order chi connectivity index (χ0) is 17.3. The smallest absolute Gasteiger partial charge is 0.265 e. The van der Waals surface area contributed by atoms with Crippen molar-refractivity contribution >= 4 is 28.7 Å². The summed E-state index contributed by atoms with van der Waals surface area (Å²) < 4.78 is 0. The van der Waals surface area contributed by atoms with Crippen LogP contribution in [0.3, 0.4) is 0 Å². The Morgan fingerprint density at radius 2 is 1.92 bits per heavy atom. The molecule has 1 aliphatic heterocycles. The SMILES string of the molecule is Cc1nc(C)c(C(=O)N2CCN(c3cc(N(C)C)cnn3)CC2)s1. The highest BCUT2D eigenvalue weighted by Gasteiger charge is 2.25. The van der Waals surface area contributed by atoms with Gasteiger partial charge < -0.3 is 14.7 Å². The number of nitrogens with zero attached hydrogens (tertiary/aromatic N) is 6. The van der Waals surface area contributed by atoms with E-state index in [0.29, 0.717) is 13.1 Å². The Labute approximate surface area is 145 Å². The number of amides is 1. The molecule has 2 aromatic rings. The summed E-state index contributed by atoms with van der Waals surface area (Å²) in [6.07, 6.45) is 1.75. The summed E-state index contributed by atoms with van der Waals surface area (Å²) in [5.74, 6) is 0.948. The number of rotatable bonds is 3. The molecule has 0 radical (unpaired) electrons. The van der Waals surface area contributed by atoms with Gasteiger partial charge in [-0.05, 0) is 13.8 Å². The molecule has 8 heteroatoms. The van der Waals surface area contributed by atoms with Crippen molar-refractivity contribution in [1.29, 1.82) is 0 Å². The van der Waals surface area contributed by atoms with E-state index in [1.807, 2.05) is 43.8 Å². The molecule has 1 saturated heterocycles. The predicted molar refractivity (Wildman–Crippen MR) is 96.1 cm³/mol. The fraction of sp³-hybridized carbons (Fsp3) is 0.500. The van der Waals surface area contributed by atoms with E-state index < -0.39 is 0 Å². The number of thiazole rings is 1. The van der Waals surface area contributed by atoms with Gasteiger partial charge in [0, 0.05) is 46.3 Å². The molecule has 128 valence electrons. The van der Waals surface area contributed by atoms with E-state index in [4.69, 9.17) is 0 Å². The van der Waals surface area contributed by atoms with Crippen LogP contribution in [0, 0.1) is 13.8 Å². The molecule has 2 aromatic heterocycles. The van der Waals surface area contributed by atoms with Gasteiger partial charge >= 0.3 is 0 Å². The van der Waals surface area contributed by atoms with Gasteiger partial charge in [-0.1, -0.05) is 0 Å². The van der Waals surface area contributed by atoms with Gasteiger partial charge in [0.1, 0.15) is 4.88 Å². The van der Waals surface area contributed by atoms with Gasteiger partial charge in [-0.3, -0.25) is 4.79 Å². The Bertz CT molecular complexity index is 736. The van der Waals surface area contributed by atoms with Gasteiger partial charge in [-0.15, -0.1) is 16.4 Å². The zero-order valence-corrected chi connectivity index (χ0v) is 15.3. The number of aryl methyl sites for hydroxylation is 2. The molecular weight excluding hydrogens is 324 g/mol. The summed E-state index contributed by atoms with van der Waals surface area (Å²) in [7, 11) is 3.97. The van der Waals surface area contributed by atoms with Gasteiger partial charge in [0.15, 0.2) is 5.82 Å². The molecule has 0 N–H and O–H groups in total. The minimum Gasteiger partial charge on any atom is -0.376 e. The van der Waals surface area contributed by atoms with E-state index in [1.54, 1.807) is 6.20 Å². The summed E-state index contributed by atoms with van der Waals surface area (Å²) in [6, 6.07) is 2.03. The second-order valence-electron chi connectivity index (χ2n) is 6.09. The fourth-order valence-electron chi connectivity index (χ4n) is 2.76. The number of anilines is 2. The molecule has 1 aliphatic rings. The molecule has 3 heterocycles. The number of hydrogen-bond donors (Lipinski definition) is 0. The third-order valence-corrected chi connectivity index (χ3v) is 5.19. The molecule has 0 spiro atoms. The topological polar surface area (TPSA) is 65.5 Å². The average Bonchev–Trinajstić information content (AvgIpc) is 2.93. The lowest BCUT2D eigenvalue weighted by atomic mass is 10.2. The van der Waals surface area contributed by atoms with Crippen LogP contribution in [0.15, 0.2) is 12.3 Å². The van der Waals surface area contributed by atoms with Crippen molar-refractivity contribution in [3.63, 3.8) is 0 Å². The fourth-order valence-corrected chi connectivity index (χ4v) is 3.64. The van der Waals surface area contributed by atoms with Gasteiger partial charge in [0.05, 0.1) is 22.6 Å². The minimum atomic E-state index is 0.0888. The third kappa shape index (κ3) is 3.33. The molecule has 0 bridgehead atoms. The Hall–Kier alpha value is -2.22. The maximum atomic E-state index is 12.7. The maximum absolute atomic E-state index is 12.7.